The topological polar surface area (TPSA) is 39.7 Å². The SMILES string of the molecule is CCCN1CCC(NC(=NC)NCCCC2CCCC2)CC1. The maximum atomic E-state index is 4.39. The summed E-state index contributed by atoms with van der Waals surface area (Å²) in [5.74, 6) is 2.00. The lowest BCUT2D eigenvalue weighted by Gasteiger charge is -2.32. The smallest absolute Gasteiger partial charge is 0.191 e. The van der Waals surface area contributed by atoms with Gasteiger partial charge in [-0.25, -0.2) is 0 Å². The van der Waals surface area contributed by atoms with Gasteiger partial charge in [-0.1, -0.05) is 32.6 Å². The lowest BCUT2D eigenvalue weighted by atomic mass is 10.0. The van der Waals surface area contributed by atoms with Gasteiger partial charge in [0.2, 0.25) is 0 Å². The zero-order valence-corrected chi connectivity index (χ0v) is 14.7. The molecule has 2 N–H and O–H groups in total. The van der Waals surface area contributed by atoms with Gasteiger partial charge in [0.1, 0.15) is 0 Å². The highest BCUT2D eigenvalue weighted by atomic mass is 15.2. The molecule has 0 bridgehead atoms. The minimum absolute atomic E-state index is 0.592. The van der Waals surface area contributed by atoms with Crippen molar-refractivity contribution in [2.75, 3.05) is 33.2 Å². The largest absolute Gasteiger partial charge is 0.356 e. The molecule has 0 spiro atoms. The molecular formula is C18H36N4. The molecular weight excluding hydrogens is 272 g/mol. The number of nitrogens with zero attached hydrogens (tertiary/aromatic N) is 2. The molecule has 128 valence electrons. The number of guanidine groups is 1. The Morgan fingerprint density at radius 1 is 1.14 bits per heavy atom. The summed E-state index contributed by atoms with van der Waals surface area (Å²) < 4.78 is 0. The summed E-state index contributed by atoms with van der Waals surface area (Å²) in [4.78, 5) is 6.97. The molecule has 1 heterocycles. The molecule has 2 aliphatic rings. The third-order valence-corrected chi connectivity index (χ3v) is 5.25. The molecule has 1 saturated heterocycles. The van der Waals surface area contributed by atoms with E-state index < -0.39 is 0 Å². The second kappa shape index (κ2) is 10.1. The van der Waals surface area contributed by atoms with Crippen molar-refractivity contribution in [2.45, 2.75) is 70.8 Å². The van der Waals surface area contributed by atoms with Crippen LogP contribution >= 0.6 is 0 Å². The maximum Gasteiger partial charge on any atom is 0.191 e. The monoisotopic (exact) mass is 308 g/mol. The van der Waals surface area contributed by atoms with Gasteiger partial charge in [0.25, 0.3) is 0 Å². The highest BCUT2D eigenvalue weighted by Crippen LogP contribution is 2.28. The predicted octanol–water partition coefficient (Wildman–Crippen LogP) is 3.00. The first-order chi connectivity index (χ1) is 10.8. The molecule has 0 radical (unpaired) electrons. The predicted molar refractivity (Wildman–Crippen MR) is 95.4 cm³/mol. The molecule has 4 nitrogen and oxygen atoms in total. The lowest BCUT2D eigenvalue weighted by molar-refractivity contribution is 0.206. The van der Waals surface area contributed by atoms with E-state index in [2.05, 4.69) is 27.4 Å². The molecule has 0 aromatic heterocycles. The maximum absolute atomic E-state index is 4.39. The number of hydrogen-bond donors (Lipinski definition) is 2. The fourth-order valence-corrected chi connectivity index (χ4v) is 3.90. The van der Waals surface area contributed by atoms with E-state index >= 15 is 0 Å². The second-order valence-electron chi connectivity index (χ2n) is 7.05. The molecule has 4 heteroatoms. The van der Waals surface area contributed by atoms with Crippen molar-refractivity contribution in [3.8, 4) is 0 Å². The third kappa shape index (κ3) is 6.15. The molecule has 2 fully saturated rings. The van der Waals surface area contributed by atoms with Crippen molar-refractivity contribution in [1.29, 1.82) is 0 Å². The van der Waals surface area contributed by atoms with E-state index in [0.717, 1.165) is 18.4 Å². The normalized spacial score (nSPS) is 22.2. The van der Waals surface area contributed by atoms with Crippen molar-refractivity contribution in [2.24, 2.45) is 10.9 Å². The average molecular weight is 309 g/mol. The van der Waals surface area contributed by atoms with E-state index in [4.69, 9.17) is 0 Å². The number of hydrogen-bond acceptors (Lipinski definition) is 2. The summed E-state index contributed by atoms with van der Waals surface area (Å²) >= 11 is 0. The standard InChI is InChI=1S/C18H36N4/c1-3-13-22-14-10-17(11-15-22)21-18(19-2)20-12-6-9-16-7-4-5-8-16/h16-17H,3-15H2,1-2H3,(H2,19,20,21). The fraction of sp³-hybridized carbons (Fsp3) is 0.944. The van der Waals surface area contributed by atoms with E-state index in [1.807, 2.05) is 7.05 Å². The van der Waals surface area contributed by atoms with Crippen LogP contribution in [-0.4, -0.2) is 50.1 Å². The highest BCUT2D eigenvalue weighted by molar-refractivity contribution is 5.79. The molecule has 0 amide bonds. The molecule has 0 atom stereocenters. The first-order valence-corrected chi connectivity index (χ1v) is 9.51. The minimum atomic E-state index is 0.592. The van der Waals surface area contributed by atoms with Crippen molar-refractivity contribution in [3.05, 3.63) is 0 Å². The summed E-state index contributed by atoms with van der Waals surface area (Å²) in [6.07, 6.45) is 12.2. The van der Waals surface area contributed by atoms with Crippen LogP contribution in [0, 0.1) is 5.92 Å². The molecule has 0 aromatic carbocycles. The van der Waals surface area contributed by atoms with Gasteiger partial charge in [-0.3, -0.25) is 4.99 Å². The lowest BCUT2D eigenvalue weighted by Crippen LogP contribution is -2.48. The van der Waals surface area contributed by atoms with Gasteiger partial charge >= 0.3 is 0 Å². The Morgan fingerprint density at radius 2 is 1.86 bits per heavy atom. The fourth-order valence-electron chi connectivity index (χ4n) is 3.90. The summed E-state index contributed by atoms with van der Waals surface area (Å²) in [5.41, 5.74) is 0. The van der Waals surface area contributed by atoms with Gasteiger partial charge in [0, 0.05) is 32.7 Å². The molecule has 22 heavy (non-hydrogen) atoms. The second-order valence-corrected chi connectivity index (χ2v) is 7.05. The van der Waals surface area contributed by atoms with Crippen LogP contribution in [0.3, 0.4) is 0 Å². The van der Waals surface area contributed by atoms with Crippen LogP contribution in [0.4, 0.5) is 0 Å². The highest BCUT2D eigenvalue weighted by Gasteiger charge is 2.19. The number of piperidine rings is 1. The number of likely N-dealkylation sites (tertiary alicyclic amines) is 1. The van der Waals surface area contributed by atoms with Gasteiger partial charge in [0.15, 0.2) is 5.96 Å². The van der Waals surface area contributed by atoms with Crippen molar-refractivity contribution in [3.63, 3.8) is 0 Å². The van der Waals surface area contributed by atoms with E-state index in [9.17, 15) is 0 Å². The zero-order chi connectivity index (χ0) is 15.6. The van der Waals surface area contributed by atoms with E-state index in [-0.39, 0.29) is 0 Å². The Labute approximate surface area is 137 Å². The molecule has 0 aromatic rings. The molecule has 1 aliphatic heterocycles. The number of rotatable bonds is 7. The Balaban J connectivity index is 1.57. The first kappa shape index (κ1) is 17.6. The van der Waals surface area contributed by atoms with Crippen molar-refractivity contribution in [1.82, 2.24) is 15.5 Å². The first-order valence-electron chi connectivity index (χ1n) is 9.51. The van der Waals surface area contributed by atoms with Gasteiger partial charge in [-0.15, -0.1) is 0 Å². The molecule has 1 aliphatic carbocycles. The summed E-state index contributed by atoms with van der Waals surface area (Å²) in [6.45, 7) is 7.03. The van der Waals surface area contributed by atoms with Crippen LogP contribution in [0.1, 0.15) is 64.7 Å². The third-order valence-electron chi connectivity index (χ3n) is 5.25. The Bertz CT molecular complexity index is 315. The summed E-state index contributed by atoms with van der Waals surface area (Å²) in [5, 5.41) is 7.11. The van der Waals surface area contributed by atoms with E-state index in [1.165, 1.54) is 77.4 Å². The van der Waals surface area contributed by atoms with Crippen molar-refractivity contribution >= 4 is 5.96 Å². The average Bonchev–Trinajstić information content (AvgIpc) is 3.05. The van der Waals surface area contributed by atoms with Crippen LogP contribution < -0.4 is 10.6 Å². The molecule has 1 saturated carbocycles. The van der Waals surface area contributed by atoms with Crippen LogP contribution in [0.15, 0.2) is 4.99 Å². The van der Waals surface area contributed by atoms with Gasteiger partial charge in [-0.05, 0) is 44.6 Å². The Hall–Kier alpha value is -0.770. The Morgan fingerprint density at radius 3 is 2.50 bits per heavy atom. The Kier molecular flexibility index (Phi) is 8.06. The number of nitrogens with one attached hydrogen (secondary N) is 2. The quantitative estimate of drug-likeness (QED) is 0.431. The van der Waals surface area contributed by atoms with Gasteiger partial charge in [0.05, 0.1) is 0 Å². The van der Waals surface area contributed by atoms with Crippen LogP contribution in [0.25, 0.3) is 0 Å². The summed E-state index contributed by atoms with van der Waals surface area (Å²) in [7, 11) is 1.89. The van der Waals surface area contributed by atoms with Gasteiger partial charge < -0.3 is 15.5 Å². The van der Waals surface area contributed by atoms with Crippen LogP contribution in [0.2, 0.25) is 0 Å². The number of aliphatic imine (C=N–C) groups is 1. The van der Waals surface area contributed by atoms with E-state index in [0.29, 0.717) is 6.04 Å². The van der Waals surface area contributed by atoms with Crippen LogP contribution in [0.5, 0.6) is 0 Å². The zero-order valence-electron chi connectivity index (χ0n) is 14.7. The molecule has 0 unspecified atom stereocenters. The van der Waals surface area contributed by atoms with E-state index in [1.54, 1.807) is 0 Å². The van der Waals surface area contributed by atoms with Gasteiger partial charge in [-0.2, -0.15) is 0 Å². The summed E-state index contributed by atoms with van der Waals surface area (Å²) in [6, 6.07) is 0.592. The van der Waals surface area contributed by atoms with Crippen molar-refractivity contribution < 1.29 is 0 Å². The van der Waals surface area contributed by atoms with Crippen LogP contribution in [-0.2, 0) is 0 Å². The minimum Gasteiger partial charge on any atom is -0.356 e. The molecule has 2 rings (SSSR count).